The van der Waals surface area contributed by atoms with E-state index in [9.17, 15) is 0 Å². The van der Waals surface area contributed by atoms with E-state index >= 15 is 0 Å². The number of nitrogens with two attached hydrogens (primary N) is 1. The van der Waals surface area contributed by atoms with E-state index in [1.54, 1.807) is 0 Å². The standard InChI is InChI=1S/C13H18N2O/c14-13-15-6-11(16-13)12-9-2-7-1-8(4-9)5-10(12)3-7/h6-10,12H,1-5H2,(H2,14,15). The summed E-state index contributed by atoms with van der Waals surface area (Å²) in [7, 11) is 0. The van der Waals surface area contributed by atoms with Crippen LogP contribution in [0.15, 0.2) is 10.6 Å². The Morgan fingerprint density at radius 1 is 1.06 bits per heavy atom. The molecule has 0 saturated heterocycles. The summed E-state index contributed by atoms with van der Waals surface area (Å²) < 4.78 is 5.58. The molecule has 0 amide bonds. The molecule has 4 saturated carbocycles. The third-order valence-electron chi connectivity index (χ3n) is 5.10. The average Bonchev–Trinajstić information content (AvgIpc) is 2.63. The second kappa shape index (κ2) is 3.02. The summed E-state index contributed by atoms with van der Waals surface area (Å²) >= 11 is 0. The summed E-state index contributed by atoms with van der Waals surface area (Å²) in [4.78, 5) is 4.06. The molecule has 2 N–H and O–H groups in total. The lowest BCUT2D eigenvalue weighted by molar-refractivity contribution is -0.00937. The quantitative estimate of drug-likeness (QED) is 0.788. The van der Waals surface area contributed by atoms with Crippen LogP contribution in [0.3, 0.4) is 0 Å². The molecule has 4 aliphatic carbocycles. The monoisotopic (exact) mass is 218 g/mol. The first kappa shape index (κ1) is 9.08. The molecule has 0 spiro atoms. The smallest absolute Gasteiger partial charge is 0.292 e. The second-order valence-electron chi connectivity index (χ2n) is 6.06. The lowest BCUT2D eigenvalue weighted by Gasteiger charge is -2.53. The van der Waals surface area contributed by atoms with Gasteiger partial charge in [0.15, 0.2) is 0 Å². The van der Waals surface area contributed by atoms with Crippen LogP contribution in [0.4, 0.5) is 6.01 Å². The van der Waals surface area contributed by atoms with Gasteiger partial charge in [0.05, 0.1) is 6.20 Å². The van der Waals surface area contributed by atoms with Crippen molar-refractivity contribution in [2.24, 2.45) is 23.7 Å². The maximum absolute atomic E-state index is 5.59. The molecule has 86 valence electrons. The molecule has 5 rings (SSSR count). The molecule has 0 atom stereocenters. The fraction of sp³-hybridized carbons (Fsp3) is 0.769. The zero-order chi connectivity index (χ0) is 10.7. The van der Waals surface area contributed by atoms with Crippen molar-refractivity contribution in [2.75, 3.05) is 5.73 Å². The van der Waals surface area contributed by atoms with Gasteiger partial charge >= 0.3 is 0 Å². The summed E-state index contributed by atoms with van der Waals surface area (Å²) in [5.74, 6) is 5.41. The first-order chi connectivity index (χ1) is 7.79. The molecule has 0 unspecified atom stereocenters. The van der Waals surface area contributed by atoms with E-state index < -0.39 is 0 Å². The highest BCUT2D eigenvalue weighted by Crippen LogP contribution is 2.59. The first-order valence-corrected chi connectivity index (χ1v) is 6.51. The van der Waals surface area contributed by atoms with Gasteiger partial charge in [0, 0.05) is 5.92 Å². The van der Waals surface area contributed by atoms with E-state index in [1.807, 2.05) is 6.20 Å². The maximum Gasteiger partial charge on any atom is 0.292 e. The number of anilines is 1. The van der Waals surface area contributed by atoms with Gasteiger partial charge in [0.2, 0.25) is 0 Å². The molecule has 1 heterocycles. The Hall–Kier alpha value is -0.990. The number of rotatable bonds is 1. The first-order valence-electron chi connectivity index (χ1n) is 6.51. The largest absolute Gasteiger partial charge is 0.429 e. The van der Waals surface area contributed by atoms with E-state index in [0.29, 0.717) is 11.9 Å². The second-order valence-corrected chi connectivity index (χ2v) is 6.06. The summed E-state index contributed by atoms with van der Waals surface area (Å²) in [5, 5.41) is 0. The van der Waals surface area contributed by atoms with Crippen LogP contribution in [-0.4, -0.2) is 4.98 Å². The molecule has 3 heteroatoms. The van der Waals surface area contributed by atoms with Gasteiger partial charge in [-0.3, -0.25) is 0 Å². The number of aromatic nitrogens is 1. The van der Waals surface area contributed by atoms with Crippen LogP contribution in [0.2, 0.25) is 0 Å². The van der Waals surface area contributed by atoms with Crippen LogP contribution in [0.1, 0.15) is 43.8 Å². The number of hydrogen-bond acceptors (Lipinski definition) is 3. The molecular weight excluding hydrogens is 200 g/mol. The van der Waals surface area contributed by atoms with Crippen molar-refractivity contribution in [1.82, 2.24) is 4.98 Å². The van der Waals surface area contributed by atoms with Gasteiger partial charge in [0.25, 0.3) is 6.01 Å². The number of oxazole rings is 1. The summed E-state index contributed by atoms with van der Waals surface area (Å²) in [6.45, 7) is 0. The Morgan fingerprint density at radius 2 is 1.69 bits per heavy atom. The van der Waals surface area contributed by atoms with Crippen molar-refractivity contribution < 1.29 is 4.42 Å². The molecule has 1 aromatic rings. The van der Waals surface area contributed by atoms with Crippen LogP contribution < -0.4 is 5.73 Å². The average molecular weight is 218 g/mol. The van der Waals surface area contributed by atoms with E-state index in [2.05, 4.69) is 4.98 Å². The zero-order valence-electron chi connectivity index (χ0n) is 9.43. The molecule has 4 bridgehead atoms. The third kappa shape index (κ3) is 1.17. The predicted octanol–water partition coefficient (Wildman–Crippen LogP) is 2.80. The summed E-state index contributed by atoms with van der Waals surface area (Å²) in [6, 6.07) is 0.337. The fourth-order valence-corrected chi connectivity index (χ4v) is 4.84. The molecule has 0 aromatic carbocycles. The third-order valence-corrected chi connectivity index (χ3v) is 5.10. The van der Waals surface area contributed by atoms with E-state index in [4.69, 9.17) is 10.2 Å². The number of nitrogens with zero attached hydrogens (tertiary/aromatic N) is 1. The van der Waals surface area contributed by atoms with Gasteiger partial charge in [-0.2, -0.15) is 0 Å². The zero-order valence-corrected chi connectivity index (χ0v) is 9.43. The van der Waals surface area contributed by atoms with E-state index in [-0.39, 0.29) is 0 Å². The molecule has 0 aliphatic heterocycles. The van der Waals surface area contributed by atoms with Gasteiger partial charge in [-0.1, -0.05) is 0 Å². The highest BCUT2D eigenvalue weighted by atomic mass is 16.4. The summed E-state index contributed by atoms with van der Waals surface area (Å²) in [5.41, 5.74) is 5.59. The Bertz CT molecular complexity index is 384. The highest BCUT2D eigenvalue weighted by Gasteiger charge is 2.49. The molecule has 0 radical (unpaired) electrons. The Kier molecular flexibility index (Phi) is 1.72. The van der Waals surface area contributed by atoms with Gasteiger partial charge in [-0.05, 0) is 55.8 Å². The normalized spacial score (nSPS) is 45.1. The minimum absolute atomic E-state index is 0.337. The van der Waals surface area contributed by atoms with Gasteiger partial charge in [0.1, 0.15) is 5.76 Å². The fourth-order valence-electron chi connectivity index (χ4n) is 4.84. The topological polar surface area (TPSA) is 52.0 Å². The Balaban J connectivity index is 1.69. The van der Waals surface area contributed by atoms with Crippen molar-refractivity contribution in [2.45, 2.75) is 38.0 Å². The Morgan fingerprint density at radius 3 is 2.19 bits per heavy atom. The van der Waals surface area contributed by atoms with Crippen LogP contribution in [-0.2, 0) is 0 Å². The summed E-state index contributed by atoms with van der Waals surface area (Å²) in [6.07, 6.45) is 9.02. The van der Waals surface area contributed by atoms with Crippen LogP contribution in [0, 0.1) is 23.7 Å². The highest BCUT2D eigenvalue weighted by molar-refractivity contribution is 5.18. The molecule has 16 heavy (non-hydrogen) atoms. The number of nitrogen functional groups attached to an aromatic ring is 1. The lowest BCUT2D eigenvalue weighted by atomic mass is 9.51. The van der Waals surface area contributed by atoms with Gasteiger partial charge in [-0.25, -0.2) is 4.98 Å². The van der Waals surface area contributed by atoms with E-state index in [0.717, 1.165) is 29.4 Å². The van der Waals surface area contributed by atoms with Crippen molar-refractivity contribution in [3.05, 3.63) is 12.0 Å². The van der Waals surface area contributed by atoms with Crippen LogP contribution in [0.25, 0.3) is 0 Å². The van der Waals surface area contributed by atoms with Crippen molar-refractivity contribution in [3.63, 3.8) is 0 Å². The molecule has 1 aromatic heterocycles. The van der Waals surface area contributed by atoms with E-state index in [1.165, 1.54) is 32.1 Å². The van der Waals surface area contributed by atoms with Gasteiger partial charge in [-0.15, -0.1) is 0 Å². The maximum atomic E-state index is 5.59. The minimum Gasteiger partial charge on any atom is -0.429 e. The SMILES string of the molecule is Nc1ncc(C2C3CC4CC(C3)CC2C4)o1. The van der Waals surface area contributed by atoms with Crippen molar-refractivity contribution >= 4 is 6.01 Å². The molecular formula is C13H18N2O. The predicted molar refractivity (Wildman–Crippen MR) is 60.7 cm³/mol. The molecule has 4 aliphatic rings. The van der Waals surface area contributed by atoms with Crippen molar-refractivity contribution in [3.8, 4) is 0 Å². The van der Waals surface area contributed by atoms with Crippen LogP contribution in [0.5, 0.6) is 0 Å². The molecule has 4 fully saturated rings. The van der Waals surface area contributed by atoms with Crippen molar-refractivity contribution in [1.29, 1.82) is 0 Å². The molecule has 3 nitrogen and oxygen atoms in total. The minimum atomic E-state index is 0.337. The lowest BCUT2D eigenvalue weighted by Crippen LogP contribution is -2.43. The Labute approximate surface area is 95.4 Å². The van der Waals surface area contributed by atoms with Gasteiger partial charge < -0.3 is 10.2 Å². The van der Waals surface area contributed by atoms with Crippen LogP contribution >= 0.6 is 0 Å². The number of hydrogen-bond donors (Lipinski definition) is 1.